The molecule has 12 heteroatoms. The molecule has 0 fully saturated rings. The van der Waals surface area contributed by atoms with Crippen LogP contribution in [0, 0.1) is 11.6 Å². The summed E-state index contributed by atoms with van der Waals surface area (Å²) in [5.74, 6) is -2.74. The van der Waals surface area contributed by atoms with E-state index < -0.39 is 32.5 Å². The minimum absolute atomic E-state index is 0.0225. The summed E-state index contributed by atoms with van der Waals surface area (Å²) in [7, 11) is -4.45. The molecule has 1 heterocycles. The number of hydrogen-bond donors (Lipinski definition) is 3. The fourth-order valence-electron chi connectivity index (χ4n) is 4.30. The molecule has 0 spiro atoms. The van der Waals surface area contributed by atoms with Crippen molar-refractivity contribution in [3.8, 4) is 22.4 Å². The van der Waals surface area contributed by atoms with Crippen molar-refractivity contribution in [2.75, 3.05) is 10.5 Å². The molecule has 0 saturated heterocycles. The Kier molecular flexibility index (Phi) is 6.04. The van der Waals surface area contributed by atoms with Crippen LogP contribution in [0.15, 0.2) is 59.5 Å². The van der Waals surface area contributed by atoms with Crippen LogP contribution in [0.25, 0.3) is 22.4 Å². The zero-order chi connectivity index (χ0) is 26.5. The number of carbonyl (C=O) groups excluding carboxylic acids is 1. The normalized spacial score (nSPS) is 12.5. The zero-order valence-corrected chi connectivity index (χ0v) is 20.5. The monoisotopic (exact) mass is 541 g/mol. The van der Waals surface area contributed by atoms with Crippen LogP contribution in [-0.2, 0) is 22.9 Å². The van der Waals surface area contributed by atoms with Gasteiger partial charge < -0.3 is 11.5 Å². The molecular weight excluding hydrogens is 524 g/mol. The third-order valence-corrected chi connectivity index (χ3v) is 7.65. The van der Waals surface area contributed by atoms with Crippen LogP contribution in [0.3, 0.4) is 0 Å². The van der Waals surface area contributed by atoms with E-state index in [-0.39, 0.29) is 22.2 Å². The van der Waals surface area contributed by atoms with Crippen LogP contribution >= 0.6 is 11.6 Å². The summed E-state index contributed by atoms with van der Waals surface area (Å²) in [5.41, 5.74) is 15.2. The summed E-state index contributed by atoms with van der Waals surface area (Å²) >= 11 is 6.40. The first kappa shape index (κ1) is 24.6. The van der Waals surface area contributed by atoms with Crippen molar-refractivity contribution in [2.45, 2.75) is 17.7 Å². The first-order valence-electron chi connectivity index (χ1n) is 10.9. The number of benzene rings is 3. The maximum Gasteiger partial charge on any atom is 0.264 e. The predicted molar refractivity (Wildman–Crippen MR) is 135 cm³/mol. The van der Waals surface area contributed by atoms with Gasteiger partial charge in [0, 0.05) is 22.8 Å². The number of carbonyl (C=O) groups is 1. The van der Waals surface area contributed by atoms with Gasteiger partial charge in [-0.2, -0.15) is 0 Å². The molecule has 1 aromatic heterocycles. The number of nitrogens with one attached hydrogen (secondary N) is 1. The Labute approximate surface area is 215 Å². The molecule has 3 aromatic carbocycles. The lowest BCUT2D eigenvalue weighted by Gasteiger charge is -2.23. The lowest BCUT2D eigenvalue weighted by molar-refractivity contribution is 0.100. The molecule has 0 aliphatic heterocycles. The number of amides is 1. The Morgan fingerprint density at radius 3 is 2.54 bits per heavy atom. The van der Waals surface area contributed by atoms with Crippen molar-refractivity contribution in [3.63, 3.8) is 0 Å². The smallest absolute Gasteiger partial charge is 0.264 e. The molecular formula is C25H18ClF2N5O3S. The molecule has 1 amide bonds. The third kappa shape index (κ3) is 4.58. The topological polar surface area (TPSA) is 141 Å². The van der Waals surface area contributed by atoms with Crippen LogP contribution in [-0.4, -0.2) is 24.3 Å². The maximum absolute atomic E-state index is 14.2. The van der Waals surface area contributed by atoms with Crippen molar-refractivity contribution >= 4 is 39.2 Å². The van der Waals surface area contributed by atoms with E-state index in [0.29, 0.717) is 47.0 Å². The number of hydrogen-bond acceptors (Lipinski definition) is 6. The highest BCUT2D eigenvalue weighted by atomic mass is 35.5. The van der Waals surface area contributed by atoms with Crippen molar-refractivity contribution in [3.05, 3.63) is 88.1 Å². The van der Waals surface area contributed by atoms with Gasteiger partial charge in [-0.15, -0.1) is 0 Å². The fraction of sp³-hybridized carbons (Fsp3) is 0.0800. The quantitative estimate of drug-likeness (QED) is 0.343. The minimum atomic E-state index is -4.45. The molecule has 0 radical (unpaired) electrons. The highest BCUT2D eigenvalue weighted by Crippen LogP contribution is 2.43. The second-order valence-electron chi connectivity index (χ2n) is 8.37. The van der Waals surface area contributed by atoms with E-state index in [0.717, 1.165) is 17.7 Å². The average molecular weight is 542 g/mol. The van der Waals surface area contributed by atoms with E-state index in [9.17, 15) is 22.0 Å². The number of sulfonamides is 1. The number of primary amides is 1. The second-order valence-corrected chi connectivity index (χ2v) is 10.4. The van der Waals surface area contributed by atoms with Crippen LogP contribution in [0.5, 0.6) is 0 Å². The van der Waals surface area contributed by atoms with Gasteiger partial charge in [0.2, 0.25) is 11.9 Å². The van der Waals surface area contributed by atoms with E-state index in [1.54, 1.807) is 30.3 Å². The number of aryl methyl sites for hydroxylation is 2. The number of fused-ring (bicyclic) bond motifs is 3. The molecule has 4 aromatic rings. The molecule has 37 heavy (non-hydrogen) atoms. The van der Waals surface area contributed by atoms with Gasteiger partial charge in [-0.05, 0) is 60.4 Å². The highest BCUT2D eigenvalue weighted by Gasteiger charge is 2.27. The van der Waals surface area contributed by atoms with Crippen molar-refractivity contribution in [2.24, 2.45) is 5.73 Å². The molecule has 0 saturated carbocycles. The van der Waals surface area contributed by atoms with E-state index >= 15 is 0 Å². The van der Waals surface area contributed by atoms with Crippen LogP contribution < -0.4 is 16.2 Å². The zero-order valence-electron chi connectivity index (χ0n) is 18.9. The fourth-order valence-corrected chi connectivity index (χ4v) is 5.72. The van der Waals surface area contributed by atoms with Crippen molar-refractivity contribution in [1.82, 2.24) is 9.97 Å². The van der Waals surface area contributed by atoms with Gasteiger partial charge in [0.15, 0.2) is 0 Å². The van der Waals surface area contributed by atoms with Crippen molar-refractivity contribution in [1.29, 1.82) is 0 Å². The predicted octanol–water partition coefficient (Wildman–Crippen LogP) is 4.32. The Bertz CT molecular complexity index is 1710. The third-order valence-electron chi connectivity index (χ3n) is 5.94. The van der Waals surface area contributed by atoms with Crippen LogP contribution in [0.1, 0.15) is 21.6 Å². The SMILES string of the molecule is NC(=O)c1cccc(-c2nc(N)nc3c2-c2cc(NS(=O)(=O)c4ccc(F)cc4F)c(Cl)cc2CC3)c1. The number of nitrogens with zero attached hydrogens (tertiary/aromatic N) is 2. The first-order chi connectivity index (χ1) is 17.5. The van der Waals surface area contributed by atoms with Gasteiger partial charge in [0.05, 0.1) is 22.1 Å². The highest BCUT2D eigenvalue weighted by molar-refractivity contribution is 7.92. The Hall–Kier alpha value is -4.09. The van der Waals surface area contributed by atoms with E-state index in [2.05, 4.69) is 14.7 Å². The largest absolute Gasteiger partial charge is 0.368 e. The van der Waals surface area contributed by atoms with E-state index in [4.69, 9.17) is 23.1 Å². The molecule has 0 bridgehead atoms. The van der Waals surface area contributed by atoms with Crippen LogP contribution in [0.2, 0.25) is 5.02 Å². The van der Waals surface area contributed by atoms with E-state index in [1.165, 1.54) is 6.07 Å². The Morgan fingerprint density at radius 2 is 1.81 bits per heavy atom. The summed E-state index contributed by atoms with van der Waals surface area (Å²) in [6.45, 7) is 0. The number of rotatable bonds is 5. The Morgan fingerprint density at radius 1 is 1.03 bits per heavy atom. The molecule has 8 nitrogen and oxygen atoms in total. The van der Waals surface area contributed by atoms with Gasteiger partial charge in [-0.3, -0.25) is 9.52 Å². The summed E-state index contributed by atoms with van der Waals surface area (Å²) in [6.07, 6.45) is 1.05. The molecule has 0 atom stereocenters. The van der Waals surface area contributed by atoms with Gasteiger partial charge in [0.25, 0.3) is 10.0 Å². The minimum Gasteiger partial charge on any atom is -0.368 e. The van der Waals surface area contributed by atoms with E-state index in [1.807, 2.05) is 0 Å². The van der Waals surface area contributed by atoms with Gasteiger partial charge >= 0.3 is 0 Å². The number of nitrogen functional groups attached to an aromatic ring is 1. The lowest BCUT2D eigenvalue weighted by Crippen LogP contribution is -2.16. The number of nitrogens with two attached hydrogens (primary N) is 2. The summed E-state index contributed by atoms with van der Waals surface area (Å²) in [6, 6.07) is 11.8. The number of halogens is 3. The molecule has 188 valence electrons. The summed E-state index contributed by atoms with van der Waals surface area (Å²) in [5, 5.41) is 0.0851. The van der Waals surface area contributed by atoms with Gasteiger partial charge in [-0.25, -0.2) is 27.2 Å². The average Bonchev–Trinajstić information content (AvgIpc) is 2.83. The van der Waals surface area contributed by atoms with Gasteiger partial charge in [-0.1, -0.05) is 23.7 Å². The van der Waals surface area contributed by atoms with Gasteiger partial charge in [0.1, 0.15) is 16.5 Å². The summed E-state index contributed by atoms with van der Waals surface area (Å²) < 4.78 is 55.7. The first-order valence-corrected chi connectivity index (χ1v) is 12.8. The van der Waals surface area contributed by atoms with Crippen molar-refractivity contribution < 1.29 is 22.0 Å². The molecule has 1 aliphatic rings. The number of anilines is 2. The molecule has 0 unspecified atom stereocenters. The molecule has 5 rings (SSSR count). The maximum atomic E-state index is 14.2. The van der Waals surface area contributed by atoms with Crippen LogP contribution in [0.4, 0.5) is 20.4 Å². The Balaban J connectivity index is 1.66. The molecule has 1 aliphatic carbocycles. The second kappa shape index (κ2) is 9.09. The standard InChI is InChI=1S/C25H18ClF2N5O3S/c26-17-9-12-4-6-19-22(23(32-25(30)31-19)13-2-1-3-14(8-13)24(29)34)16(12)11-20(17)33-37(35,36)21-7-5-15(27)10-18(21)28/h1-3,5,7-11,33H,4,6H2,(H2,29,34)(H2,30,31,32). The lowest BCUT2D eigenvalue weighted by atomic mass is 9.85. The summed E-state index contributed by atoms with van der Waals surface area (Å²) in [4.78, 5) is 19.8. The molecule has 5 N–H and O–H groups in total. The number of aromatic nitrogens is 2.